The first-order valence-electron chi connectivity index (χ1n) is 4.06. The largest absolute Gasteiger partial charge is 0.480 e. The van der Waals surface area contributed by atoms with Gasteiger partial charge < -0.3 is 9.84 Å². The van der Waals surface area contributed by atoms with E-state index in [1.807, 2.05) is 0 Å². The summed E-state index contributed by atoms with van der Waals surface area (Å²) in [7, 11) is 0. The van der Waals surface area contributed by atoms with Crippen LogP contribution in [0.1, 0.15) is 27.7 Å². The number of nitrogens with zero attached hydrogens (tertiary/aromatic N) is 1. The summed E-state index contributed by atoms with van der Waals surface area (Å²) in [6, 6.07) is -0.898. The van der Waals surface area contributed by atoms with E-state index in [1.165, 1.54) is 6.92 Å². The normalized spacial score (nSPS) is 13.2. The standard InChI is InChI=1S/C8H14INO4/c1-5(6(11)12)10(9)7(13)14-8(2,3)4/h5H,1-4H3,(H,11,12). The van der Waals surface area contributed by atoms with Gasteiger partial charge in [0.25, 0.3) is 0 Å². The molecule has 5 nitrogen and oxygen atoms in total. The molecule has 0 saturated carbocycles. The van der Waals surface area contributed by atoms with Crippen LogP contribution in [-0.2, 0) is 9.53 Å². The van der Waals surface area contributed by atoms with Crippen molar-refractivity contribution in [3.63, 3.8) is 0 Å². The monoisotopic (exact) mass is 315 g/mol. The Hall–Kier alpha value is -0.530. The number of amides is 1. The van der Waals surface area contributed by atoms with Crippen molar-refractivity contribution in [2.45, 2.75) is 39.3 Å². The molecule has 0 aliphatic rings. The number of hydrogen-bond acceptors (Lipinski definition) is 3. The molecule has 0 bridgehead atoms. The molecule has 0 aliphatic heterocycles. The average Bonchev–Trinajstić information content (AvgIpc) is 1.98. The Labute approximate surface area is 96.9 Å². The van der Waals surface area contributed by atoms with Crippen LogP contribution >= 0.6 is 22.9 Å². The summed E-state index contributed by atoms with van der Waals surface area (Å²) in [4.78, 5) is 21.9. The van der Waals surface area contributed by atoms with Crippen LogP contribution in [0.5, 0.6) is 0 Å². The molecule has 1 atom stereocenters. The molecule has 14 heavy (non-hydrogen) atoms. The second-order valence-corrected chi connectivity index (χ2v) is 4.85. The highest BCUT2D eigenvalue weighted by Gasteiger charge is 2.27. The summed E-state index contributed by atoms with van der Waals surface area (Å²) in [5.41, 5.74) is -0.612. The molecule has 0 fully saturated rings. The molecule has 1 amide bonds. The summed E-state index contributed by atoms with van der Waals surface area (Å²) in [5, 5.41) is 8.65. The van der Waals surface area contributed by atoms with Crippen LogP contribution in [-0.4, -0.2) is 31.9 Å². The Kier molecular flexibility index (Phi) is 4.63. The molecule has 0 rings (SSSR count). The molecule has 0 saturated heterocycles. The lowest BCUT2D eigenvalue weighted by molar-refractivity contribution is -0.140. The van der Waals surface area contributed by atoms with E-state index >= 15 is 0 Å². The molecule has 0 aromatic carbocycles. The Morgan fingerprint density at radius 1 is 1.43 bits per heavy atom. The van der Waals surface area contributed by atoms with E-state index in [9.17, 15) is 9.59 Å². The fourth-order valence-electron chi connectivity index (χ4n) is 0.561. The van der Waals surface area contributed by atoms with Crippen molar-refractivity contribution in [1.82, 2.24) is 3.11 Å². The van der Waals surface area contributed by atoms with Crippen LogP contribution in [0.15, 0.2) is 0 Å². The number of aliphatic carboxylic acids is 1. The fourth-order valence-corrected chi connectivity index (χ4v) is 0.897. The smallest absolute Gasteiger partial charge is 0.419 e. The first-order valence-corrected chi connectivity index (χ1v) is 5.02. The number of carbonyl (C=O) groups is 2. The topological polar surface area (TPSA) is 66.8 Å². The molecule has 0 aliphatic carbocycles. The fraction of sp³-hybridized carbons (Fsp3) is 0.750. The van der Waals surface area contributed by atoms with Crippen LogP contribution < -0.4 is 0 Å². The predicted octanol–water partition coefficient (Wildman–Crippen LogP) is 2.05. The summed E-state index contributed by atoms with van der Waals surface area (Å²) in [5.74, 6) is -1.06. The van der Waals surface area contributed by atoms with Crippen molar-refractivity contribution in [3.8, 4) is 0 Å². The number of carboxylic acid groups (broad SMARTS) is 1. The van der Waals surface area contributed by atoms with Crippen LogP contribution in [0.2, 0.25) is 0 Å². The Bertz CT molecular complexity index is 236. The third-order valence-corrected chi connectivity index (χ3v) is 2.49. The number of hydrogen-bond donors (Lipinski definition) is 1. The van der Waals surface area contributed by atoms with Gasteiger partial charge in [-0.3, -0.25) is 0 Å². The van der Waals surface area contributed by atoms with Gasteiger partial charge in [-0.15, -0.1) is 0 Å². The van der Waals surface area contributed by atoms with E-state index in [4.69, 9.17) is 9.84 Å². The lowest BCUT2D eigenvalue weighted by Crippen LogP contribution is -2.39. The zero-order valence-electron chi connectivity index (χ0n) is 8.57. The van der Waals surface area contributed by atoms with Gasteiger partial charge in [-0.25, -0.2) is 12.7 Å². The van der Waals surface area contributed by atoms with Crippen molar-refractivity contribution in [3.05, 3.63) is 0 Å². The Morgan fingerprint density at radius 3 is 2.14 bits per heavy atom. The molecule has 1 N–H and O–H groups in total. The number of halogens is 1. The van der Waals surface area contributed by atoms with Crippen LogP contribution in [0.3, 0.4) is 0 Å². The summed E-state index contributed by atoms with van der Waals surface area (Å²) >= 11 is 1.63. The maximum absolute atomic E-state index is 11.3. The summed E-state index contributed by atoms with van der Waals surface area (Å²) in [6.45, 7) is 6.58. The second kappa shape index (κ2) is 4.81. The maximum atomic E-state index is 11.3. The molecule has 0 spiro atoms. The first-order chi connectivity index (χ1) is 6.15. The molecule has 82 valence electrons. The second-order valence-electron chi connectivity index (χ2n) is 3.81. The van der Waals surface area contributed by atoms with Crippen LogP contribution in [0.25, 0.3) is 0 Å². The van der Waals surface area contributed by atoms with Crippen molar-refractivity contribution < 1.29 is 19.4 Å². The van der Waals surface area contributed by atoms with Gasteiger partial charge in [0, 0.05) is 0 Å². The van der Waals surface area contributed by atoms with Crippen LogP contribution in [0, 0.1) is 0 Å². The zero-order chi connectivity index (χ0) is 11.5. The molecular formula is C8H14INO4. The molecule has 0 heterocycles. The van der Waals surface area contributed by atoms with Gasteiger partial charge in [-0.05, 0) is 27.7 Å². The number of ether oxygens (including phenoxy) is 1. The van der Waals surface area contributed by atoms with Gasteiger partial charge in [0.1, 0.15) is 11.6 Å². The summed E-state index contributed by atoms with van der Waals surface area (Å²) < 4.78 is 6.01. The molecule has 6 heteroatoms. The van der Waals surface area contributed by atoms with Crippen molar-refractivity contribution >= 4 is 34.9 Å². The van der Waals surface area contributed by atoms with Crippen LogP contribution in [0.4, 0.5) is 4.79 Å². The minimum atomic E-state index is -1.06. The van der Waals surface area contributed by atoms with E-state index in [0.29, 0.717) is 0 Å². The third-order valence-electron chi connectivity index (χ3n) is 1.27. The van der Waals surface area contributed by atoms with E-state index < -0.39 is 23.7 Å². The van der Waals surface area contributed by atoms with Crippen molar-refractivity contribution in [2.75, 3.05) is 0 Å². The molecule has 1 unspecified atom stereocenters. The number of carboxylic acids is 1. The SMILES string of the molecule is CC(C(=O)O)N(I)C(=O)OC(C)(C)C. The number of carbonyl (C=O) groups excluding carboxylic acids is 1. The van der Waals surface area contributed by atoms with E-state index in [1.54, 1.807) is 43.6 Å². The lowest BCUT2D eigenvalue weighted by atomic mass is 10.2. The minimum Gasteiger partial charge on any atom is -0.480 e. The van der Waals surface area contributed by atoms with E-state index in [0.717, 1.165) is 3.11 Å². The van der Waals surface area contributed by atoms with Gasteiger partial charge >= 0.3 is 12.1 Å². The van der Waals surface area contributed by atoms with Gasteiger partial charge in [0.2, 0.25) is 0 Å². The molecule has 0 radical (unpaired) electrons. The highest BCUT2D eigenvalue weighted by atomic mass is 127. The Balaban J connectivity index is 4.33. The van der Waals surface area contributed by atoms with Gasteiger partial charge in [-0.2, -0.15) is 0 Å². The quantitative estimate of drug-likeness (QED) is 0.625. The molecular weight excluding hydrogens is 301 g/mol. The van der Waals surface area contributed by atoms with E-state index in [-0.39, 0.29) is 0 Å². The van der Waals surface area contributed by atoms with Gasteiger partial charge in [0.15, 0.2) is 0 Å². The Morgan fingerprint density at radius 2 is 1.86 bits per heavy atom. The van der Waals surface area contributed by atoms with Crippen molar-refractivity contribution in [1.29, 1.82) is 0 Å². The highest BCUT2D eigenvalue weighted by Crippen LogP contribution is 2.15. The van der Waals surface area contributed by atoms with E-state index in [2.05, 4.69) is 0 Å². The predicted molar refractivity (Wildman–Crippen MR) is 59.2 cm³/mol. The lowest BCUT2D eigenvalue weighted by Gasteiger charge is -2.25. The molecule has 0 aromatic rings. The maximum Gasteiger partial charge on any atom is 0.419 e. The number of rotatable bonds is 2. The van der Waals surface area contributed by atoms with Gasteiger partial charge in [-0.1, -0.05) is 0 Å². The summed E-state index contributed by atoms with van der Waals surface area (Å²) in [6.07, 6.45) is -0.645. The first kappa shape index (κ1) is 13.5. The minimum absolute atomic E-state index is 0.612. The zero-order valence-corrected chi connectivity index (χ0v) is 10.7. The van der Waals surface area contributed by atoms with Gasteiger partial charge in [0.05, 0.1) is 22.9 Å². The highest BCUT2D eigenvalue weighted by molar-refractivity contribution is 14.1. The van der Waals surface area contributed by atoms with Crippen molar-refractivity contribution in [2.24, 2.45) is 0 Å². The molecule has 0 aromatic heterocycles. The average molecular weight is 315 g/mol. The third kappa shape index (κ3) is 4.64.